The van der Waals surface area contributed by atoms with Crippen LogP contribution in [0.1, 0.15) is 10.4 Å². The molecule has 7 heteroatoms. The van der Waals surface area contributed by atoms with Gasteiger partial charge in [0.1, 0.15) is 11.4 Å². The number of nitrogen functional groups attached to an aromatic ring is 1. The molecule has 2 rings (SSSR count). The molecule has 0 amide bonds. The number of methoxy groups -OCH3 is 1. The molecule has 0 saturated carbocycles. The van der Waals surface area contributed by atoms with Crippen molar-refractivity contribution in [1.29, 1.82) is 0 Å². The largest absolute Gasteiger partial charge is 0.493 e. The molecule has 0 saturated heterocycles. The number of nitrogens with zero attached hydrogens (tertiary/aromatic N) is 2. The number of benzene rings is 1. The number of rotatable bonds is 3. The van der Waals surface area contributed by atoms with E-state index in [0.717, 1.165) is 6.07 Å². The first kappa shape index (κ1) is 12.9. The van der Waals surface area contributed by atoms with Gasteiger partial charge >= 0.3 is 5.97 Å². The Labute approximate surface area is 108 Å². The summed E-state index contributed by atoms with van der Waals surface area (Å²) in [5, 5.41) is 13.1. The normalized spacial score (nSPS) is 10.5. The van der Waals surface area contributed by atoms with Crippen LogP contribution in [-0.4, -0.2) is 28.0 Å². The summed E-state index contributed by atoms with van der Waals surface area (Å²) in [4.78, 5) is 11.1. The molecule has 0 aliphatic carbocycles. The fourth-order valence-electron chi connectivity index (χ4n) is 1.73. The van der Waals surface area contributed by atoms with Crippen molar-refractivity contribution < 1.29 is 19.0 Å². The summed E-state index contributed by atoms with van der Waals surface area (Å²) in [6.07, 6.45) is 0. The summed E-state index contributed by atoms with van der Waals surface area (Å²) in [7, 11) is 2.85. The highest BCUT2D eigenvalue weighted by Crippen LogP contribution is 2.29. The quantitative estimate of drug-likeness (QED) is 0.878. The Hall–Kier alpha value is -2.57. The number of carboxylic acids is 1. The summed E-state index contributed by atoms with van der Waals surface area (Å²) in [5.41, 5.74) is 6.09. The number of hydrogen-bond acceptors (Lipinski definition) is 4. The minimum atomic E-state index is -1.28. The van der Waals surface area contributed by atoms with Gasteiger partial charge in [-0.1, -0.05) is 0 Å². The number of aryl methyl sites for hydroxylation is 1. The predicted octanol–water partition coefficient (Wildman–Crippen LogP) is 1.52. The maximum absolute atomic E-state index is 13.8. The van der Waals surface area contributed by atoms with Gasteiger partial charge in [0, 0.05) is 18.7 Å². The Morgan fingerprint density at radius 3 is 2.63 bits per heavy atom. The van der Waals surface area contributed by atoms with Crippen LogP contribution in [0.5, 0.6) is 5.75 Å². The van der Waals surface area contributed by atoms with E-state index in [0.29, 0.717) is 17.1 Å². The van der Waals surface area contributed by atoms with E-state index in [1.54, 1.807) is 7.05 Å². The Balaban J connectivity index is 2.62. The molecule has 1 aromatic heterocycles. The molecule has 2 aromatic rings. The van der Waals surface area contributed by atoms with Crippen LogP contribution in [0, 0.1) is 5.82 Å². The van der Waals surface area contributed by atoms with E-state index in [2.05, 4.69) is 5.10 Å². The minimum absolute atomic E-state index is 0.262. The number of ether oxygens (including phenoxy) is 1. The molecule has 0 spiro atoms. The summed E-state index contributed by atoms with van der Waals surface area (Å²) >= 11 is 0. The lowest BCUT2D eigenvalue weighted by molar-refractivity contribution is 0.0692. The lowest BCUT2D eigenvalue weighted by Crippen LogP contribution is -2.03. The molecule has 0 bridgehead atoms. The molecule has 0 radical (unpaired) electrons. The Bertz CT molecular complexity index is 632. The number of halogens is 1. The van der Waals surface area contributed by atoms with Gasteiger partial charge in [-0.3, -0.25) is 4.68 Å². The molecule has 0 fully saturated rings. The molecule has 0 aliphatic heterocycles. The number of anilines is 1. The first-order valence-corrected chi connectivity index (χ1v) is 5.34. The molecule has 3 N–H and O–H groups in total. The van der Waals surface area contributed by atoms with E-state index in [-0.39, 0.29) is 11.3 Å². The van der Waals surface area contributed by atoms with E-state index in [1.165, 1.54) is 23.9 Å². The van der Waals surface area contributed by atoms with Crippen LogP contribution in [0.25, 0.3) is 11.3 Å². The van der Waals surface area contributed by atoms with E-state index in [4.69, 9.17) is 15.6 Å². The average molecular weight is 265 g/mol. The molecular weight excluding hydrogens is 253 g/mol. The van der Waals surface area contributed by atoms with Crippen molar-refractivity contribution in [2.24, 2.45) is 7.05 Å². The first-order chi connectivity index (χ1) is 8.93. The molecule has 100 valence electrons. The number of nitrogens with two attached hydrogens (primary N) is 1. The van der Waals surface area contributed by atoms with Crippen LogP contribution < -0.4 is 10.5 Å². The zero-order valence-electron chi connectivity index (χ0n) is 10.3. The second kappa shape index (κ2) is 4.60. The van der Waals surface area contributed by atoms with Crippen LogP contribution in [0.2, 0.25) is 0 Å². The lowest BCUT2D eigenvalue weighted by atomic mass is 10.1. The van der Waals surface area contributed by atoms with Crippen LogP contribution >= 0.6 is 0 Å². The summed E-state index contributed by atoms with van der Waals surface area (Å²) in [6, 6.07) is 3.99. The van der Waals surface area contributed by atoms with Crippen LogP contribution in [0.4, 0.5) is 10.2 Å². The van der Waals surface area contributed by atoms with Gasteiger partial charge < -0.3 is 15.6 Å². The summed E-state index contributed by atoms with van der Waals surface area (Å²) < 4.78 is 20.0. The van der Waals surface area contributed by atoms with Gasteiger partial charge in [0.15, 0.2) is 11.6 Å². The van der Waals surface area contributed by atoms with Crippen LogP contribution in [0.15, 0.2) is 18.2 Å². The molecular formula is C12H12FN3O3. The SMILES string of the molecule is COc1c(F)cc(-c2cc(N)n(C)n2)cc1C(=O)O. The van der Waals surface area contributed by atoms with Gasteiger partial charge in [0.05, 0.1) is 12.8 Å². The van der Waals surface area contributed by atoms with E-state index in [1.807, 2.05) is 0 Å². The minimum Gasteiger partial charge on any atom is -0.493 e. The molecule has 19 heavy (non-hydrogen) atoms. The average Bonchev–Trinajstić information content (AvgIpc) is 2.68. The summed E-state index contributed by atoms with van der Waals surface area (Å²) in [5.74, 6) is -1.95. The molecule has 1 aromatic carbocycles. The maximum Gasteiger partial charge on any atom is 0.339 e. The van der Waals surface area contributed by atoms with Crippen molar-refractivity contribution >= 4 is 11.8 Å². The monoisotopic (exact) mass is 265 g/mol. The maximum atomic E-state index is 13.8. The standard InChI is InChI=1S/C12H12FN3O3/c1-16-10(14)5-9(15-16)6-3-7(12(17)18)11(19-2)8(13)4-6/h3-5H,14H2,1-2H3,(H,17,18). The molecule has 6 nitrogen and oxygen atoms in total. The van der Waals surface area contributed by atoms with Crippen molar-refractivity contribution in [2.75, 3.05) is 12.8 Å². The first-order valence-electron chi connectivity index (χ1n) is 5.34. The van der Waals surface area contributed by atoms with Crippen molar-refractivity contribution in [2.45, 2.75) is 0 Å². The van der Waals surface area contributed by atoms with Crippen molar-refractivity contribution in [3.63, 3.8) is 0 Å². The number of carbonyl (C=O) groups is 1. The van der Waals surface area contributed by atoms with E-state index < -0.39 is 11.8 Å². The topological polar surface area (TPSA) is 90.4 Å². The van der Waals surface area contributed by atoms with Crippen molar-refractivity contribution in [1.82, 2.24) is 9.78 Å². The second-order valence-corrected chi connectivity index (χ2v) is 3.92. The zero-order chi connectivity index (χ0) is 14.2. The highest BCUT2D eigenvalue weighted by molar-refractivity contribution is 5.92. The van der Waals surface area contributed by atoms with E-state index >= 15 is 0 Å². The number of carboxylic acid groups (broad SMARTS) is 1. The predicted molar refractivity (Wildman–Crippen MR) is 66.5 cm³/mol. The van der Waals surface area contributed by atoms with E-state index in [9.17, 15) is 9.18 Å². The third kappa shape index (κ3) is 2.22. The number of hydrogen-bond donors (Lipinski definition) is 2. The van der Waals surface area contributed by atoms with Gasteiger partial charge in [0.25, 0.3) is 0 Å². The smallest absolute Gasteiger partial charge is 0.339 e. The van der Waals surface area contributed by atoms with Crippen molar-refractivity contribution in [3.05, 3.63) is 29.6 Å². The van der Waals surface area contributed by atoms with Crippen molar-refractivity contribution in [3.8, 4) is 17.0 Å². The lowest BCUT2D eigenvalue weighted by Gasteiger charge is -2.08. The highest BCUT2D eigenvalue weighted by atomic mass is 19.1. The fraction of sp³-hybridized carbons (Fsp3) is 0.167. The summed E-state index contributed by atoms with van der Waals surface area (Å²) in [6.45, 7) is 0. The van der Waals surface area contributed by atoms with Gasteiger partial charge in [-0.25, -0.2) is 9.18 Å². The zero-order valence-corrected chi connectivity index (χ0v) is 10.3. The third-order valence-corrected chi connectivity index (χ3v) is 2.69. The van der Waals surface area contributed by atoms with Crippen LogP contribution in [0.3, 0.4) is 0 Å². The fourth-order valence-corrected chi connectivity index (χ4v) is 1.73. The Kier molecular flexibility index (Phi) is 3.12. The molecule has 0 unspecified atom stereocenters. The molecule has 0 atom stereocenters. The van der Waals surface area contributed by atoms with Gasteiger partial charge in [0.2, 0.25) is 0 Å². The third-order valence-electron chi connectivity index (χ3n) is 2.69. The molecule has 1 heterocycles. The number of aromatic carboxylic acids is 1. The molecule has 0 aliphatic rings. The Morgan fingerprint density at radius 1 is 1.47 bits per heavy atom. The van der Waals surface area contributed by atoms with Crippen LogP contribution in [-0.2, 0) is 7.05 Å². The highest BCUT2D eigenvalue weighted by Gasteiger charge is 2.19. The van der Waals surface area contributed by atoms with Gasteiger partial charge in [-0.05, 0) is 12.1 Å². The van der Waals surface area contributed by atoms with Gasteiger partial charge in [-0.2, -0.15) is 5.10 Å². The van der Waals surface area contributed by atoms with Gasteiger partial charge in [-0.15, -0.1) is 0 Å². The number of aromatic nitrogens is 2. The Morgan fingerprint density at radius 2 is 2.16 bits per heavy atom. The second-order valence-electron chi connectivity index (χ2n) is 3.92.